The van der Waals surface area contributed by atoms with Gasteiger partial charge in [-0.3, -0.25) is 4.68 Å². The number of nitrogens with one attached hydrogen (secondary N) is 2. The molecule has 2 heterocycles. The van der Waals surface area contributed by atoms with Gasteiger partial charge in [0.05, 0.1) is 24.3 Å². The monoisotopic (exact) mass is 470 g/mol. The molecule has 0 aliphatic carbocycles. The summed E-state index contributed by atoms with van der Waals surface area (Å²) in [5.74, 6) is 0.736. The molecule has 0 saturated carbocycles. The summed E-state index contributed by atoms with van der Waals surface area (Å²) in [6.45, 7) is 3.96. The predicted octanol–water partition coefficient (Wildman–Crippen LogP) is 2.94. The van der Waals surface area contributed by atoms with Crippen LogP contribution in [0.2, 0.25) is 10.2 Å². The first-order valence-electron chi connectivity index (χ1n) is 7.00. The Morgan fingerprint density at radius 2 is 2.04 bits per heavy atom. The van der Waals surface area contributed by atoms with E-state index in [1.54, 1.807) is 4.68 Å². The van der Waals surface area contributed by atoms with Gasteiger partial charge in [0.1, 0.15) is 5.15 Å². The van der Waals surface area contributed by atoms with Gasteiger partial charge in [-0.15, -0.1) is 24.0 Å². The Bertz CT molecular complexity index is 664. The number of aromatic nitrogens is 3. The average Bonchev–Trinajstić information content (AvgIpc) is 3.01. The molecule has 2 N–H and O–H groups in total. The molecule has 0 atom stereocenters. The normalized spacial score (nSPS) is 11.3. The molecule has 0 saturated heterocycles. The smallest absolute Gasteiger partial charge is 0.191 e. The van der Waals surface area contributed by atoms with E-state index in [1.807, 2.05) is 44.0 Å². The first-order chi connectivity index (χ1) is 10.5. The van der Waals surface area contributed by atoms with Gasteiger partial charge >= 0.3 is 0 Å². The number of halogens is 3. The van der Waals surface area contributed by atoms with Crippen molar-refractivity contribution in [3.05, 3.63) is 39.9 Å². The summed E-state index contributed by atoms with van der Waals surface area (Å²) in [5, 5.41) is 11.7. The first kappa shape index (κ1) is 20.1. The summed E-state index contributed by atoms with van der Waals surface area (Å²) >= 11 is 12.1. The maximum atomic E-state index is 6.07. The van der Waals surface area contributed by atoms with Crippen LogP contribution in [0, 0.1) is 0 Å². The van der Waals surface area contributed by atoms with Crippen molar-refractivity contribution < 1.29 is 0 Å². The summed E-state index contributed by atoms with van der Waals surface area (Å²) in [6, 6.07) is 1.85. The highest BCUT2D eigenvalue weighted by Gasteiger charge is 2.09. The van der Waals surface area contributed by atoms with Crippen LogP contribution < -0.4 is 10.6 Å². The van der Waals surface area contributed by atoms with Crippen LogP contribution in [0.5, 0.6) is 0 Å². The van der Waals surface area contributed by atoms with Gasteiger partial charge in [-0.05, 0) is 13.0 Å². The second kappa shape index (κ2) is 9.39. The van der Waals surface area contributed by atoms with Crippen molar-refractivity contribution in [3.8, 4) is 0 Å². The second-order valence-corrected chi connectivity index (χ2v) is 5.67. The molecular weight excluding hydrogens is 450 g/mol. The zero-order chi connectivity index (χ0) is 16.1. The van der Waals surface area contributed by atoms with Crippen LogP contribution >= 0.6 is 47.2 Å². The van der Waals surface area contributed by atoms with E-state index in [0.717, 1.165) is 23.8 Å². The summed E-state index contributed by atoms with van der Waals surface area (Å²) < 4.78 is 3.61. The van der Waals surface area contributed by atoms with Crippen LogP contribution in [0.25, 0.3) is 0 Å². The van der Waals surface area contributed by atoms with Gasteiger partial charge in [0, 0.05) is 38.1 Å². The minimum Gasteiger partial charge on any atom is -0.357 e. The van der Waals surface area contributed by atoms with E-state index in [4.69, 9.17) is 23.2 Å². The molecule has 0 aliphatic rings. The molecule has 2 aromatic rings. The lowest BCUT2D eigenvalue weighted by Crippen LogP contribution is -2.37. The van der Waals surface area contributed by atoms with Crippen molar-refractivity contribution in [3.63, 3.8) is 0 Å². The van der Waals surface area contributed by atoms with E-state index in [9.17, 15) is 0 Å². The van der Waals surface area contributed by atoms with Crippen LogP contribution in [-0.2, 0) is 27.2 Å². The van der Waals surface area contributed by atoms with Crippen molar-refractivity contribution in [1.29, 1.82) is 0 Å². The molecule has 0 fully saturated rings. The zero-order valence-corrected chi connectivity index (χ0v) is 17.1. The Labute approximate surface area is 163 Å². The first-order valence-corrected chi connectivity index (χ1v) is 7.76. The minimum atomic E-state index is 0. The highest BCUT2D eigenvalue weighted by atomic mass is 127. The molecule has 2 rings (SSSR count). The maximum absolute atomic E-state index is 6.07. The van der Waals surface area contributed by atoms with E-state index in [-0.39, 0.29) is 24.0 Å². The molecule has 0 amide bonds. The van der Waals surface area contributed by atoms with Crippen molar-refractivity contribution in [1.82, 2.24) is 25.0 Å². The molecule has 0 radical (unpaired) electrons. The van der Waals surface area contributed by atoms with Crippen molar-refractivity contribution in [2.24, 2.45) is 19.1 Å². The van der Waals surface area contributed by atoms with Gasteiger partial charge in [0.25, 0.3) is 0 Å². The number of rotatable bonds is 5. The van der Waals surface area contributed by atoms with Crippen LogP contribution in [0.1, 0.15) is 18.2 Å². The lowest BCUT2D eigenvalue weighted by atomic mass is 10.4. The fourth-order valence-corrected chi connectivity index (χ4v) is 2.41. The number of aryl methyl sites for hydroxylation is 1. The molecular formula is C14H21Cl2IN6. The molecule has 0 spiro atoms. The highest BCUT2D eigenvalue weighted by molar-refractivity contribution is 14.0. The van der Waals surface area contributed by atoms with E-state index in [1.165, 1.54) is 0 Å². The fraction of sp³-hybridized carbons (Fsp3) is 0.429. The average molecular weight is 471 g/mol. The van der Waals surface area contributed by atoms with E-state index < -0.39 is 0 Å². The standard InChI is InChI=1S/C14H20Cl2N6.HI/c1-4-17-14(18-6-10-7-20-21(2)9-10)19-8-11-5-12(15)13(16)22(11)3;/h5,7,9H,4,6,8H2,1-3H3,(H2,17,18,19);1H. The van der Waals surface area contributed by atoms with Gasteiger partial charge in [0.2, 0.25) is 0 Å². The Morgan fingerprint density at radius 3 is 2.57 bits per heavy atom. The largest absolute Gasteiger partial charge is 0.357 e. The number of aliphatic imine (C=N–C) groups is 1. The van der Waals surface area contributed by atoms with Gasteiger partial charge in [-0.1, -0.05) is 23.2 Å². The Hall–Kier alpha value is -0.930. The summed E-state index contributed by atoms with van der Waals surface area (Å²) in [7, 11) is 3.77. The SMILES string of the molecule is CCNC(=NCc1cnn(C)c1)NCc1cc(Cl)c(Cl)n1C.I. The third-order valence-corrected chi connectivity index (χ3v) is 4.02. The molecule has 0 aromatic carbocycles. The van der Waals surface area contributed by atoms with Gasteiger partial charge in [-0.2, -0.15) is 5.10 Å². The maximum Gasteiger partial charge on any atom is 0.191 e. The Morgan fingerprint density at radius 1 is 1.30 bits per heavy atom. The molecule has 2 aromatic heterocycles. The van der Waals surface area contributed by atoms with Crippen LogP contribution in [0.4, 0.5) is 0 Å². The molecule has 9 heteroatoms. The quantitative estimate of drug-likeness (QED) is 0.401. The molecule has 6 nitrogen and oxygen atoms in total. The molecule has 0 bridgehead atoms. The fourth-order valence-electron chi connectivity index (χ4n) is 2.00. The summed E-state index contributed by atoms with van der Waals surface area (Å²) in [6.07, 6.45) is 3.76. The Kier molecular flexibility index (Phi) is 8.21. The van der Waals surface area contributed by atoms with E-state index >= 15 is 0 Å². The topological polar surface area (TPSA) is 59.2 Å². The number of hydrogen-bond donors (Lipinski definition) is 2. The third-order valence-electron chi connectivity index (χ3n) is 3.17. The Balaban J connectivity index is 0.00000264. The molecule has 128 valence electrons. The summed E-state index contributed by atoms with van der Waals surface area (Å²) in [5.41, 5.74) is 2.05. The number of nitrogens with zero attached hydrogens (tertiary/aromatic N) is 4. The van der Waals surface area contributed by atoms with E-state index in [2.05, 4.69) is 20.7 Å². The second-order valence-electron chi connectivity index (χ2n) is 4.90. The zero-order valence-electron chi connectivity index (χ0n) is 13.3. The van der Waals surface area contributed by atoms with Crippen LogP contribution in [0.3, 0.4) is 0 Å². The lowest BCUT2D eigenvalue weighted by molar-refractivity contribution is 0.751. The minimum absolute atomic E-state index is 0. The van der Waals surface area contributed by atoms with Gasteiger partial charge < -0.3 is 15.2 Å². The van der Waals surface area contributed by atoms with Crippen molar-refractivity contribution in [2.75, 3.05) is 6.54 Å². The highest BCUT2D eigenvalue weighted by Crippen LogP contribution is 2.24. The summed E-state index contributed by atoms with van der Waals surface area (Å²) in [4.78, 5) is 4.54. The predicted molar refractivity (Wildman–Crippen MR) is 106 cm³/mol. The van der Waals surface area contributed by atoms with Gasteiger partial charge in [0.15, 0.2) is 5.96 Å². The number of guanidine groups is 1. The van der Waals surface area contributed by atoms with Crippen LogP contribution in [-0.4, -0.2) is 26.9 Å². The lowest BCUT2D eigenvalue weighted by Gasteiger charge is -2.11. The number of hydrogen-bond acceptors (Lipinski definition) is 2. The van der Waals surface area contributed by atoms with E-state index in [0.29, 0.717) is 23.3 Å². The van der Waals surface area contributed by atoms with Crippen LogP contribution in [0.15, 0.2) is 23.5 Å². The molecule has 0 unspecified atom stereocenters. The third kappa shape index (κ3) is 5.58. The molecule has 0 aliphatic heterocycles. The van der Waals surface area contributed by atoms with Crippen molar-refractivity contribution in [2.45, 2.75) is 20.0 Å². The molecule has 23 heavy (non-hydrogen) atoms. The van der Waals surface area contributed by atoms with Crippen molar-refractivity contribution >= 4 is 53.1 Å². The van der Waals surface area contributed by atoms with Gasteiger partial charge in [-0.25, -0.2) is 4.99 Å².